The lowest BCUT2D eigenvalue weighted by Gasteiger charge is -2.26. The first-order valence-corrected chi connectivity index (χ1v) is 13.7. The van der Waals surface area contributed by atoms with Crippen molar-refractivity contribution in [2.24, 2.45) is 0 Å². The molecule has 0 bridgehead atoms. The number of nitrogens with zero attached hydrogens (tertiary/aromatic N) is 3. The molecule has 0 radical (unpaired) electrons. The van der Waals surface area contributed by atoms with E-state index in [1.807, 2.05) is 50.2 Å². The summed E-state index contributed by atoms with van der Waals surface area (Å²) in [5.41, 5.74) is 3.63. The minimum Gasteiger partial charge on any atom is -0.493 e. The fraction of sp³-hybridized carbons (Fsp3) is 0.407. The summed E-state index contributed by atoms with van der Waals surface area (Å²) in [5, 5.41) is 0. The molecule has 1 saturated heterocycles. The number of esters is 1. The lowest BCUT2D eigenvalue weighted by Crippen LogP contribution is -2.44. The van der Waals surface area contributed by atoms with Crippen LogP contribution in [0.3, 0.4) is 0 Å². The number of oxazole rings is 1. The van der Waals surface area contributed by atoms with Gasteiger partial charge < -0.3 is 13.9 Å². The largest absolute Gasteiger partial charge is 0.493 e. The molecule has 3 aromatic rings. The average molecular weight is 528 g/mol. The molecule has 0 aliphatic carbocycles. The normalized spacial score (nSPS) is 14.3. The maximum absolute atomic E-state index is 13.2. The zero-order valence-corrected chi connectivity index (χ0v) is 22.3. The number of ether oxygens (including phenoxy) is 2. The van der Waals surface area contributed by atoms with Gasteiger partial charge in [0.05, 0.1) is 19.4 Å². The predicted octanol–water partition coefficient (Wildman–Crippen LogP) is 3.90. The smallest absolute Gasteiger partial charge is 0.321 e. The first-order chi connectivity index (χ1) is 17.8. The van der Waals surface area contributed by atoms with E-state index in [0.717, 1.165) is 34.2 Å². The van der Waals surface area contributed by atoms with E-state index in [-0.39, 0.29) is 13.1 Å². The van der Waals surface area contributed by atoms with Crippen LogP contribution in [0.1, 0.15) is 35.4 Å². The van der Waals surface area contributed by atoms with Crippen molar-refractivity contribution in [1.82, 2.24) is 13.6 Å². The van der Waals surface area contributed by atoms with E-state index in [4.69, 9.17) is 13.9 Å². The average Bonchev–Trinajstić information content (AvgIpc) is 3.55. The molecule has 0 spiro atoms. The molecule has 4 rings (SSSR count). The van der Waals surface area contributed by atoms with E-state index < -0.39 is 16.2 Å². The summed E-state index contributed by atoms with van der Waals surface area (Å²) in [6.45, 7) is 4.89. The molecule has 2 heterocycles. The van der Waals surface area contributed by atoms with E-state index >= 15 is 0 Å². The molecule has 0 unspecified atom stereocenters. The summed E-state index contributed by atoms with van der Waals surface area (Å²) in [6.07, 6.45) is 2.18. The standard InChI is InChI=1S/C27H33N3O6S/c1-20-9-11-23(12-10-20)27-28-25(21(2)36-27)13-16-35-24-8-6-7-22(17-24)18-30(19-26(31)34-3)37(32,33)29-14-4-5-15-29/h6-12,17H,4-5,13-16,18-19H2,1-3H3. The highest BCUT2D eigenvalue weighted by Crippen LogP contribution is 2.24. The van der Waals surface area contributed by atoms with Crippen molar-refractivity contribution in [3.63, 3.8) is 0 Å². The number of carbonyl (C=O) groups excluding carboxylic acids is 1. The maximum Gasteiger partial charge on any atom is 0.321 e. The second-order valence-electron chi connectivity index (χ2n) is 9.09. The van der Waals surface area contributed by atoms with Crippen LogP contribution in [0.5, 0.6) is 5.75 Å². The molecule has 0 atom stereocenters. The Labute approximate surface area is 218 Å². The monoisotopic (exact) mass is 527 g/mol. The molecule has 0 amide bonds. The third kappa shape index (κ3) is 6.76. The minimum absolute atomic E-state index is 0.0352. The van der Waals surface area contributed by atoms with Crippen LogP contribution in [-0.4, -0.2) is 61.3 Å². The molecular weight excluding hydrogens is 494 g/mol. The van der Waals surface area contributed by atoms with Crippen LogP contribution in [0.15, 0.2) is 52.9 Å². The van der Waals surface area contributed by atoms with Crippen molar-refractivity contribution in [2.45, 2.75) is 39.7 Å². The Hall–Kier alpha value is -3.21. The Morgan fingerprint density at radius 3 is 2.54 bits per heavy atom. The summed E-state index contributed by atoms with van der Waals surface area (Å²) in [5.74, 6) is 1.33. The summed E-state index contributed by atoms with van der Waals surface area (Å²) >= 11 is 0. The number of rotatable bonds is 11. The molecule has 9 nitrogen and oxygen atoms in total. The van der Waals surface area contributed by atoms with Gasteiger partial charge in [0.15, 0.2) is 0 Å². The number of aromatic nitrogens is 1. The fourth-order valence-electron chi connectivity index (χ4n) is 4.19. The van der Waals surface area contributed by atoms with Gasteiger partial charge in [-0.1, -0.05) is 29.8 Å². The van der Waals surface area contributed by atoms with Crippen molar-refractivity contribution in [3.05, 3.63) is 71.1 Å². The summed E-state index contributed by atoms with van der Waals surface area (Å²) in [6, 6.07) is 15.2. The highest BCUT2D eigenvalue weighted by Gasteiger charge is 2.33. The zero-order chi connectivity index (χ0) is 26.4. The maximum atomic E-state index is 13.2. The van der Waals surface area contributed by atoms with Crippen LogP contribution in [0.4, 0.5) is 0 Å². The van der Waals surface area contributed by atoms with Crippen LogP contribution in [0.2, 0.25) is 0 Å². The van der Waals surface area contributed by atoms with Gasteiger partial charge in [-0.15, -0.1) is 0 Å². The molecular formula is C27H33N3O6S. The Morgan fingerprint density at radius 2 is 1.84 bits per heavy atom. The van der Waals surface area contributed by atoms with Gasteiger partial charge >= 0.3 is 5.97 Å². The van der Waals surface area contributed by atoms with Gasteiger partial charge in [-0.2, -0.15) is 17.0 Å². The second kappa shape index (κ2) is 11.9. The SMILES string of the molecule is COC(=O)CN(Cc1cccc(OCCc2nc(-c3ccc(C)cc3)oc2C)c1)S(=O)(=O)N1CCCC1. The number of methoxy groups -OCH3 is 1. The van der Waals surface area contributed by atoms with Crippen molar-refractivity contribution in [3.8, 4) is 17.2 Å². The van der Waals surface area contributed by atoms with Crippen molar-refractivity contribution in [2.75, 3.05) is 33.4 Å². The van der Waals surface area contributed by atoms with Crippen LogP contribution in [0, 0.1) is 13.8 Å². The Kier molecular flexibility index (Phi) is 8.63. The van der Waals surface area contributed by atoms with Gasteiger partial charge in [0.25, 0.3) is 10.2 Å². The number of benzene rings is 2. The van der Waals surface area contributed by atoms with E-state index in [0.29, 0.717) is 43.3 Å². The van der Waals surface area contributed by atoms with Crippen molar-refractivity contribution >= 4 is 16.2 Å². The third-order valence-corrected chi connectivity index (χ3v) is 8.24. The van der Waals surface area contributed by atoms with Gasteiger partial charge in [0, 0.05) is 31.6 Å². The molecule has 1 aromatic heterocycles. The fourth-order valence-corrected chi connectivity index (χ4v) is 5.82. The quantitative estimate of drug-likeness (QED) is 0.349. The van der Waals surface area contributed by atoms with Gasteiger partial charge in [-0.3, -0.25) is 4.79 Å². The minimum atomic E-state index is -3.79. The highest BCUT2D eigenvalue weighted by molar-refractivity contribution is 7.86. The van der Waals surface area contributed by atoms with E-state index in [1.54, 1.807) is 12.1 Å². The lowest BCUT2D eigenvalue weighted by atomic mass is 10.1. The summed E-state index contributed by atoms with van der Waals surface area (Å²) in [4.78, 5) is 16.6. The van der Waals surface area contributed by atoms with E-state index in [9.17, 15) is 13.2 Å². The highest BCUT2D eigenvalue weighted by atomic mass is 32.2. The van der Waals surface area contributed by atoms with E-state index in [2.05, 4.69) is 4.98 Å². The molecule has 2 aromatic carbocycles. The number of aryl methyl sites for hydroxylation is 2. The first kappa shape index (κ1) is 26.8. The topological polar surface area (TPSA) is 102 Å². The third-order valence-electron chi connectivity index (χ3n) is 6.31. The van der Waals surface area contributed by atoms with Crippen molar-refractivity contribution < 1.29 is 27.1 Å². The summed E-state index contributed by atoms with van der Waals surface area (Å²) < 4.78 is 45.4. The lowest BCUT2D eigenvalue weighted by molar-refractivity contribution is -0.140. The molecule has 198 valence electrons. The van der Waals surface area contributed by atoms with Crippen LogP contribution >= 0.6 is 0 Å². The van der Waals surface area contributed by atoms with Crippen molar-refractivity contribution in [1.29, 1.82) is 0 Å². The number of hydrogen-bond donors (Lipinski definition) is 0. The Morgan fingerprint density at radius 1 is 1.11 bits per heavy atom. The number of carbonyl (C=O) groups is 1. The first-order valence-electron chi connectivity index (χ1n) is 12.3. The van der Waals surface area contributed by atoms with E-state index in [1.165, 1.54) is 17.0 Å². The molecule has 0 N–H and O–H groups in total. The Balaban J connectivity index is 1.40. The van der Waals surface area contributed by atoms with Gasteiger partial charge in [-0.05, 0) is 56.5 Å². The van der Waals surface area contributed by atoms with Crippen LogP contribution < -0.4 is 4.74 Å². The van der Waals surface area contributed by atoms with Crippen LogP contribution in [0.25, 0.3) is 11.5 Å². The van der Waals surface area contributed by atoms with Crippen LogP contribution in [-0.2, 0) is 32.7 Å². The molecule has 10 heteroatoms. The molecule has 1 aliphatic heterocycles. The van der Waals surface area contributed by atoms with Gasteiger partial charge in [-0.25, -0.2) is 4.98 Å². The van der Waals surface area contributed by atoms with Gasteiger partial charge in [0.1, 0.15) is 18.1 Å². The number of hydrogen-bond acceptors (Lipinski definition) is 7. The van der Waals surface area contributed by atoms with Gasteiger partial charge in [0.2, 0.25) is 5.89 Å². The molecule has 1 fully saturated rings. The zero-order valence-electron chi connectivity index (χ0n) is 21.5. The Bertz CT molecular complexity index is 1310. The molecule has 37 heavy (non-hydrogen) atoms. The molecule has 0 saturated carbocycles. The summed E-state index contributed by atoms with van der Waals surface area (Å²) in [7, 11) is -2.54. The molecule has 1 aliphatic rings. The predicted molar refractivity (Wildman–Crippen MR) is 139 cm³/mol. The second-order valence-corrected chi connectivity index (χ2v) is 11.0.